The van der Waals surface area contributed by atoms with Gasteiger partial charge in [-0.3, -0.25) is 4.79 Å². The zero-order valence-corrected chi connectivity index (χ0v) is 19.3. The Kier molecular flexibility index (Phi) is 6.71. The molecule has 0 amide bonds. The predicted molar refractivity (Wildman–Crippen MR) is 129 cm³/mol. The molecule has 168 valence electrons. The van der Waals surface area contributed by atoms with Crippen LogP contribution in [0.15, 0.2) is 78.6 Å². The fourth-order valence-corrected chi connectivity index (χ4v) is 4.06. The van der Waals surface area contributed by atoms with Gasteiger partial charge in [-0.25, -0.2) is 0 Å². The second kappa shape index (κ2) is 9.84. The van der Waals surface area contributed by atoms with E-state index < -0.39 is 0 Å². The predicted octanol–water partition coefficient (Wildman–Crippen LogP) is 6.13. The molecule has 1 aliphatic rings. The molecule has 1 atom stereocenters. The van der Waals surface area contributed by atoms with Crippen molar-refractivity contribution in [3.63, 3.8) is 0 Å². The number of aldehydes is 1. The van der Waals surface area contributed by atoms with E-state index in [1.54, 1.807) is 33.5 Å². The second-order valence-corrected chi connectivity index (χ2v) is 7.77. The molecule has 0 bridgehead atoms. The summed E-state index contributed by atoms with van der Waals surface area (Å²) >= 11 is 6.13. The van der Waals surface area contributed by atoms with Crippen molar-refractivity contribution in [2.45, 2.75) is 5.92 Å². The van der Waals surface area contributed by atoms with Crippen LogP contribution in [-0.2, 0) is 9.53 Å². The number of methoxy groups -OCH3 is 3. The van der Waals surface area contributed by atoms with Crippen LogP contribution in [-0.4, -0.2) is 27.6 Å². The molecule has 6 heteroatoms. The van der Waals surface area contributed by atoms with E-state index in [4.69, 9.17) is 30.5 Å². The van der Waals surface area contributed by atoms with Crippen molar-refractivity contribution in [1.82, 2.24) is 0 Å². The van der Waals surface area contributed by atoms with E-state index >= 15 is 0 Å². The van der Waals surface area contributed by atoms with E-state index in [2.05, 4.69) is 0 Å². The Labute approximate surface area is 197 Å². The summed E-state index contributed by atoms with van der Waals surface area (Å²) in [7, 11) is 4.66. The molecule has 0 radical (unpaired) electrons. The Balaban J connectivity index is 1.90. The third-order valence-electron chi connectivity index (χ3n) is 5.48. The molecular weight excluding hydrogens is 440 g/mol. The molecule has 0 aromatic heterocycles. The van der Waals surface area contributed by atoms with Gasteiger partial charge >= 0.3 is 0 Å². The number of hydrogen-bond donors (Lipinski definition) is 0. The molecule has 0 N–H and O–H groups in total. The normalized spacial score (nSPS) is 15.4. The van der Waals surface area contributed by atoms with Crippen LogP contribution in [0.5, 0.6) is 17.2 Å². The van der Waals surface area contributed by atoms with Gasteiger partial charge in [0, 0.05) is 22.1 Å². The number of allylic oxidation sites excluding steroid dienone is 3. The zero-order valence-electron chi connectivity index (χ0n) is 18.5. The molecule has 5 nitrogen and oxygen atoms in total. The molecule has 33 heavy (non-hydrogen) atoms. The van der Waals surface area contributed by atoms with Crippen molar-refractivity contribution in [1.29, 1.82) is 0 Å². The third-order valence-corrected chi connectivity index (χ3v) is 5.74. The lowest BCUT2D eigenvalue weighted by Gasteiger charge is -2.27. The highest BCUT2D eigenvalue weighted by atomic mass is 35.5. The van der Waals surface area contributed by atoms with Crippen LogP contribution >= 0.6 is 11.6 Å². The number of hydrogen-bond acceptors (Lipinski definition) is 5. The van der Waals surface area contributed by atoms with E-state index in [-0.39, 0.29) is 11.7 Å². The third kappa shape index (κ3) is 4.45. The monoisotopic (exact) mass is 462 g/mol. The maximum Gasteiger partial charge on any atom is 0.203 e. The fraction of sp³-hybridized carbons (Fsp3) is 0.148. The number of carbonyl (C=O) groups is 1. The Morgan fingerprint density at radius 3 is 2.03 bits per heavy atom. The van der Waals surface area contributed by atoms with Gasteiger partial charge in [-0.1, -0.05) is 54.1 Å². The molecule has 3 aromatic carbocycles. The highest BCUT2D eigenvalue weighted by Gasteiger charge is 2.29. The van der Waals surface area contributed by atoms with Crippen LogP contribution < -0.4 is 14.2 Å². The number of rotatable bonds is 7. The summed E-state index contributed by atoms with van der Waals surface area (Å²) < 4.78 is 22.6. The van der Waals surface area contributed by atoms with Crippen LogP contribution in [0.1, 0.15) is 22.6 Å². The molecule has 0 saturated heterocycles. The standard InChI is InChI=1S/C27H23ClO5/c1-30-23-13-19(14-24(31-2)27(23)32-3)22-15-21(17-9-11-20(28)12-10-17)26(25(16-29)33-22)18-7-5-4-6-8-18/h4-16,21H,1-3H3. The zero-order chi connectivity index (χ0) is 23.4. The number of benzene rings is 3. The first-order valence-electron chi connectivity index (χ1n) is 10.3. The summed E-state index contributed by atoms with van der Waals surface area (Å²) in [6.45, 7) is 0. The van der Waals surface area contributed by atoms with Gasteiger partial charge in [0.05, 0.1) is 21.3 Å². The minimum absolute atomic E-state index is 0.243. The Bertz CT molecular complexity index is 1190. The molecule has 0 spiro atoms. The lowest BCUT2D eigenvalue weighted by molar-refractivity contribution is -0.106. The average Bonchev–Trinajstić information content (AvgIpc) is 2.87. The van der Waals surface area contributed by atoms with Gasteiger partial charge in [-0.15, -0.1) is 0 Å². The number of ether oxygens (including phenoxy) is 4. The smallest absolute Gasteiger partial charge is 0.203 e. The quantitative estimate of drug-likeness (QED) is 0.395. The summed E-state index contributed by atoms with van der Waals surface area (Å²) in [6.07, 6.45) is 2.73. The topological polar surface area (TPSA) is 54.0 Å². The summed E-state index contributed by atoms with van der Waals surface area (Å²) in [5.74, 6) is 1.97. The molecule has 0 saturated carbocycles. The van der Waals surface area contributed by atoms with Crippen LogP contribution in [0.2, 0.25) is 5.02 Å². The molecule has 0 aliphatic carbocycles. The van der Waals surface area contributed by atoms with E-state index in [1.165, 1.54) is 0 Å². The van der Waals surface area contributed by atoms with Crippen molar-refractivity contribution >= 4 is 29.2 Å². The fourth-order valence-electron chi connectivity index (χ4n) is 3.93. The first-order valence-corrected chi connectivity index (χ1v) is 10.7. The first-order chi connectivity index (χ1) is 16.1. The molecule has 1 aliphatic heterocycles. The van der Waals surface area contributed by atoms with Crippen molar-refractivity contribution in [2.24, 2.45) is 0 Å². The first kappa shape index (κ1) is 22.5. The molecule has 4 rings (SSSR count). The van der Waals surface area contributed by atoms with Crippen LogP contribution in [0.4, 0.5) is 0 Å². The van der Waals surface area contributed by atoms with E-state index in [9.17, 15) is 4.79 Å². The maximum atomic E-state index is 12.2. The van der Waals surface area contributed by atoms with Crippen molar-refractivity contribution < 1.29 is 23.7 Å². The van der Waals surface area contributed by atoms with Gasteiger partial charge in [0.2, 0.25) is 5.75 Å². The number of halogens is 1. The molecule has 1 unspecified atom stereocenters. The molecule has 3 aromatic rings. The van der Waals surface area contributed by atoms with Gasteiger partial charge in [-0.2, -0.15) is 0 Å². The van der Waals surface area contributed by atoms with Crippen molar-refractivity contribution in [2.75, 3.05) is 21.3 Å². The average molecular weight is 463 g/mol. The van der Waals surface area contributed by atoms with Gasteiger partial charge in [-0.05, 0) is 41.5 Å². The second-order valence-electron chi connectivity index (χ2n) is 7.34. The van der Waals surface area contributed by atoms with Crippen molar-refractivity contribution in [3.05, 3.63) is 100 Å². The Morgan fingerprint density at radius 2 is 1.48 bits per heavy atom. The lowest BCUT2D eigenvalue weighted by atomic mass is 9.83. The number of carbonyl (C=O) groups excluding carboxylic acids is 1. The van der Waals surface area contributed by atoms with Gasteiger partial charge in [0.15, 0.2) is 23.5 Å². The highest BCUT2D eigenvalue weighted by Crippen LogP contribution is 2.45. The summed E-state index contributed by atoms with van der Waals surface area (Å²) in [6, 6.07) is 20.9. The minimum Gasteiger partial charge on any atom is -0.493 e. The minimum atomic E-state index is -0.243. The molecule has 0 fully saturated rings. The SMILES string of the molecule is COc1cc(C2=CC(c3ccc(Cl)cc3)C(c3ccccc3)=C(C=O)O2)cc(OC)c1OC. The molecule has 1 heterocycles. The van der Waals surface area contributed by atoms with Gasteiger partial charge in [0.1, 0.15) is 5.76 Å². The Morgan fingerprint density at radius 1 is 0.848 bits per heavy atom. The summed E-state index contributed by atoms with van der Waals surface area (Å²) in [5, 5.41) is 0.639. The van der Waals surface area contributed by atoms with Crippen molar-refractivity contribution in [3.8, 4) is 17.2 Å². The van der Waals surface area contributed by atoms with Crippen LogP contribution in [0.3, 0.4) is 0 Å². The summed E-state index contributed by atoms with van der Waals surface area (Å²) in [4.78, 5) is 12.2. The van der Waals surface area contributed by atoms with Crippen LogP contribution in [0.25, 0.3) is 11.3 Å². The van der Waals surface area contributed by atoms with E-state index in [1.807, 2.05) is 60.7 Å². The van der Waals surface area contributed by atoms with E-state index in [0.29, 0.717) is 33.6 Å². The van der Waals surface area contributed by atoms with Gasteiger partial charge < -0.3 is 18.9 Å². The van der Waals surface area contributed by atoms with E-state index in [0.717, 1.165) is 23.0 Å². The lowest BCUT2D eigenvalue weighted by Crippen LogP contribution is -2.12. The Hall–Kier alpha value is -3.70. The molecular formula is C27H23ClO5. The highest BCUT2D eigenvalue weighted by molar-refractivity contribution is 6.30. The van der Waals surface area contributed by atoms with Gasteiger partial charge in [0.25, 0.3) is 0 Å². The largest absolute Gasteiger partial charge is 0.493 e. The summed E-state index contributed by atoms with van der Waals surface area (Å²) in [5.41, 5.74) is 3.35. The maximum absolute atomic E-state index is 12.2. The van der Waals surface area contributed by atoms with Crippen LogP contribution in [0, 0.1) is 0 Å².